The Labute approximate surface area is 238 Å². The molecular formula is C29H38F2N6O4. The van der Waals surface area contributed by atoms with Gasteiger partial charge in [-0.25, -0.2) is 18.7 Å². The number of anilines is 1. The van der Waals surface area contributed by atoms with E-state index in [4.69, 9.17) is 24.0 Å². The predicted octanol–water partition coefficient (Wildman–Crippen LogP) is 3.59. The van der Waals surface area contributed by atoms with Crippen molar-refractivity contribution < 1.29 is 27.9 Å². The number of nitrogens with one attached hydrogen (secondary N) is 2. The third-order valence-corrected chi connectivity index (χ3v) is 7.91. The summed E-state index contributed by atoms with van der Waals surface area (Å²) in [5.41, 5.74) is 3.26. The van der Waals surface area contributed by atoms with E-state index < -0.39 is 17.6 Å². The van der Waals surface area contributed by atoms with Crippen LogP contribution in [-0.4, -0.2) is 95.7 Å². The molecule has 222 valence electrons. The first-order valence-corrected chi connectivity index (χ1v) is 13.9. The van der Waals surface area contributed by atoms with Gasteiger partial charge in [0.1, 0.15) is 30.0 Å². The van der Waals surface area contributed by atoms with E-state index in [1.54, 1.807) is 7.05 Å². The lowest BCUT2D eigenvalue weighted by atomic mass is 9.84. The number of aryl methyl sites for hydroxylation is 2. The Kier molecular flexibility index (Phi) is 8.55. The molecule has 12 heteroatoms. The Morgan fingerprint density at radius 3 is 2.56 bits per heavy atom. The average Bonchev–Trinajstić information content (AvgIpc) is 3.28. The molecule has 2 aliphatic heterocycles. The minimum atomic E-state index is -2.66. The smallest absolute Gasteiger partial charge is 0.272 e. The van der Waals surface area contributed by atoms with Gasteiger partial charge < -0.3 is 29.7 Å². The molecule has 41 heavy (non-hydrogen) atoms. The molecular weight excluding hydrogens is 534 g/mol. The van der Waals surface area contributed by atoms with E-state index in [0.717, 1.165) is 16.7 Å². The number of aliphatic hydroxyl groups is 1. The maximum absolute atomic E-state index is 13.9. The largest absolute Gasteiger partial charge is 0.491 e. The number of hydrogen-bond acceptors (Lipinski definition) is 10. The van der Waals surface area contributed by atoms with Gasteiger partial charge in [0.25, 0.3) is 5.92 Å². The predicted molar refractivity (Wildman–Crippen MR) is 150 cm³/mol. The van der Waals surface area contributed by atoms with Gasteiger partial charge in [0.05, 0.1) is 30.0 Å². The summed E-state index contributed by atoms with van der Waals surface area (Å²) in [4.78, 5) is 11.7. The van der Waals surface area contributed by atoms with Crippen molar-refractivity contribution in [2.75, 3.05) is 58.4 Å². The zero-order chi connectivity index (χ0) is 29.2. The summed E-state index contributed by atoms with van der Waals surface area (Å²) >= 11 is 0. The van der Waals surface area contributed by atoms with Crippen LogP contribution in [-0.2, 0) is 4.74 Å². The molecule has 0 spiro atoms. The van der Waals surface area contributed by atoms with Gasteiger partial charge in [-0.15, -0.1) is 0 Å². The van der Waals surface area contributed by atoms with E-state index in [9.17, 15) is 13.9 Å². The molecule has 10 nitrogen and oxygen atoms in total. The lowest BCUT2D eigenvalue weighted by molar-refractivity contribution is -0.182. The van der Waals surface area contributed by atoms with Gasteiger partial charge in [0, 0.05) is 43.0 Å². The van der Waals surface area contributed by atoms with E-state index in [1.165, 1.54) is 0 Å². The minimum absolute atomic E-state index is 0.136. The maximum Gasteiger partial charge on any atom is 0.272 e. The molecule has 2 saturated heterocycles. The molecule has 0 radical (unpaired) electrons. The van der Waals surface area contributed by atoms with Crippen molar-refractivity contribution in [3.05, 3.63) is 41.3 Å². The lowest BCUT2D eigenvalue weighted by Crippen LogP contribution is -2.69. The number of halogens is 2. The van der Waals surface area contributed by atoms with Gasteiger partial charge in [0.15, 0.2) is 5.82 Å². The molecule has 3 aromatic rings. The van der Waals surface area contributed by atoms with Crippen molar-refractivity contribution in [2.24, 2.45) is 0 Å². The summed E-state index contributed by atoms with van der Waals surface area (Å²) in [7, 11) is 1.77. The zero-order valence-corrected chi connectivity index (χ0v) is 24.0. The molecule has 2 fully saturated rings. The quantitative estimate of drug-likeness (QED) is 0.315. The van der Waals surface area contributed by atoms with Gasteiger partial charge in [-0.2, -0.15) is 0 Å². The number of hydrogen-bond donors (Lipinski definition) is 3. The number of likely N-dealkylation sites (N-methyl/N-ethyl adjacent to an activating group) is 1. The number of aliphatic hydroxyl groups excluding tert-OH is 1. The van der Waals surface area contributed by atoms with E-state index >= 15 is 0 Å². The number of aromatic nitrogens is 3. The monoisotopic (exact) mass is 572 g/mol. The molecule has 2 aliphatic rings. The number of rotatable bonds is 11. The van der Waals surface area contributed by atoms with E-state index in [1.807, 2.05) is 49.9 Å². The molecule has 1 atom stereocenters. The third-order valence-electron chi connectivity index (χ3n) is 7.91. The van der Waals surface area contributed by atoms with Crippen molar-refractivity contribution in [1.82, 2.24) is 25.3 Å². The summed E-state index contributed by atoms with van der Waals surface area (Å²) in [5.74, 6) is -0.365. The molecule has 2 aromatic heterocycles. The highest BCUT2D eigenvalue weighted by molar-refractivity contribution is 5.74. The lowest BCUT2D eigenvalue weighted by Gasteiger charge is -2.53. The minimum Gasteiger partial charge on any atom is -0.491 e. The first-order chi connectivity index (χ1) is 19.6. The first kappa shape index (κ1) is 29.3. The Morgan fingerprint density at radius 2 is 1.90 bits per heavy atom. The topological polar surface area (TPSA) is 118 Å². The van der Waals surface area contributed by atoms with Crippen LogP contribution in [0.5, 0.6) is 5.75 Å². The van der Waals surface area contributed by atoms with Crippen molar-refractivity contribution in [2.45, 2.75) is 51.2 Å². The summed E-state index contributed by atoms with van der Waals surface area (Å²) in [6, 6.07) is 7.39. The van der Waals surface area contributed by atoms with Crippen LogP contribution in [0.2, 0.25) is 0 Å². The van der Waals surface area contributed by atoms with Crippen molar-refractivity contribution in [3.8, 4) is 28.4 Å². The highest BCUT2D eigenvalue weighted by atomic mass is 19.3. The molecule has 0 aliphatic carbocycles. The van der Waals surface area contributed by atoms with Crippen molar-refractivity contribution in [3.63, 3.8) is 0 Å². The standard InChI is InChI=1S/C29H38F2N6O4/c1-18-25(24-19(2)36-41-20(24)3)34-27(21-6-5-7-23(12-21)40-14-22(38)13-32-4)35-26(18)33-15-28(8-10-39-11-9-28)37-16-29(30,31)17-37/h5-7,12,22,32,38H,8-11,13-17H2,1-4H3,(H,33,34,35). The fourth-order valence-corrected chi connectivity index (χ4v) is 5.55. The third kappa shape index (κ3) is 6.35. The van der Waals surface area contributed by atoms with Gasteiger partial charge in [-0.1, -0.05) is 17.3 Å². The summed E-state index contributed by atoms with van der Waals surface area (Å²) in [6.07, 6.45) is 0.663. The molecule has 1 aromatic carbocycles. The number of benzene rings is 1. The summed E-state index contributed by atoms with van der Waals surface area (Å²) in [5, 5.41) is 20.6. The molecule has 0 bridgehead atoms. The van der Waals surface area contributed by atoms with Crippen LogP contribution in [0.25, 0.3) is 22.6 Å². The van der Waals surface area contributed by atoms with Gasteiger partial charge >= 0.3 is 0 Å². The van der Waals surface area contributed by atoms with E-state index in [2.05, 4.69) is 15.8 Å². The highest BCUT2D eigenvalue weighted by Gasteiger charge is 2.53. The van der Waals surface area contributed by atoms with Crippen LogP contribution < -0.4 is 15.4 Å². The van der Waals surface area contributed by atoms with Crippen LogP contribution in [0.3, 0.4) is 0 Å². The van der Waals surface area contributed by atoms with Crippen LogP contribution in [0, 0.1) is 20.8 Å². The van der Waals surface area contributed by atoms with Crippen LogP contribution in [0.1, 0.15) is 29.9 Å². The van der Waals surface area contributed by atoms with E-state index in [-0.39, 0.29) is 19.7 Å². The summed E-state index contributed by atoms with van der Waals surface area (Å²) in [6.45, 7) is 7.20. The molecule has 3 N–H and O–H groups in total. The average molecular weight is 573 g/mol. The zero-order valence-electron chi connectivity index (χ0n) is 24.0. The van der Waals surface area contributed by atoms with Gasteiger partial charge in [-0.3, -0.25) is 4.90 Å². The van der Waals surface area contributed by atoms with Crippen LogP contribution in [0.15, 0.2) is 28.8 Å². The second-order valence-electron chi connectivity index (χ2n) is 11.0. The number of ether oxygens (including phenoxy) is 2. The van der Waals surface area contributed by atoms with Gasteiger partial charge in [0.2, 0.25) is 0 Å². The summed E-state index contributed by atoms with van der Waals surface area (Å²) < 4.78 is 44.6. The molecule has 0 saturated carbocycles. The second-order valence-corrected chi connectivity index (χ2v) is 11.0. The van der Waals surface area contributed by atoms with Crippen molar-refractivity contribution in [1.29, 1.82) is 0 Å². The Bertz CT molecular complexity index is 1330. The molecule has 1 unspecified atom stereocenters. The molecule has 0 amide bonds. The fourth-order valence-electron chi connectivity index (χ4n) is 5.55. The fraction of sp³-hybridized carbons (Fsp3) is 0.552. The SMILES string of the molecule is CNCC(O)COc1cccc(-c2nc(NCC3(N4CC(F)(F)C4)CCOCC3)c(C)c(-c3c(C)noc3C)n2)c1. The first-order valence-electron chi connectivity index (χ1n) is 13.9. The Hall–Kier alpha value is -3.19. The van der Waals surface area contributed by atoms with Crippen LogP contribution >= 0.6 is 0 Å². The highest BCUT2D eigenvalue weighted by Crippen LogP contribution is 2.39. The Morgan fingerprint density at radius 1 is 1.15 bits per heavy atom. The van der Waals surface area contributed by atoms with Gasteiger partial charge in [-0.05, 0) is 52.8 Å². The van der Waals surface area contributed by atoms with Crippen molar-refractivity contribution >= 4 is 5.82 Å². The van der Waals surface area contributed by atoms with Crippen LogP contribution in [0.4, 0.5) is 14.6 Å². The molecule has 5 rings (SSSR count). The number of nitrogens with zero attached hydrogens (tertiary/aromatic N) is 4. The molecule has 4 heterocycles. The number of likely N-dealkylation sites (tertiary alicyclic amines) is 1. The Balaban J connectivity index is 1.48. The maximum atomic E-state index is 13.9. The normalized spacial score (nSPS) is 19.0. The van der Waals surface area contributed by atoms with E-state index in [0.29, 0.717) is 73.7 Å². The number of alkyl halides is 2. The second kappa shape index (κ2) is 12.0.